The summed E-state index contributed by atoms with van der Waals surface area (Å²) >= 11 is 0. The first-order valence-electron chi connectivity index (χ1n) is 7.60. The third-order valence-corrected chi connectivity index (χ3v) is 5.29. The van der Waals surface area contributed by atoms with Gasteiger partial charge in [-0.05, 0) is 33.1 Å². The molecule has 2 unspecified atom stereocenters. The molecule has 3 aliphatic heterocycles. The molecule has 0 aromatic rings. The van der Waals surface area contributed by atoms with Crippen molar-refractivity contribution in [2.75, 3.05) is 26.2 Å². The van der Waals surface area contributed by atoms with Crippen LogP contribution < -0.4 is 0 Å². The van der Waals surface area contributed by atoms with Gasteiger partial charge in [0.05, 0.1) is 31.7 Å². The highest BCUT2D eigenvalue weighted by Crippen LogP contribution is 2.37. The van der Waals surface area contributed by atoms with E-state index in [1.807, 2.05) is 0 Å². The first-order chi connectivity index (χ1) is 7.99. The molecule has 0 saturated carbocycles. The number of fused-ring (bicyclic) bond motifs is 3. The molecule has 100 valence electrons. The van der Waals surface area contributed by atoms with Gasteiger partial charge in [0.25, 0.3) is 0 Å². The van der Waals surface area contributed by atoms with E-state index in [2.05, 4.69) is 39.5 Å². The molecule has 0 aromatic carbocycles. The van der Waals surface area contributed by atoms with Gasteiger partial charge in [-0.2, -0.15) is 0 Å². The summed E-state index contributed by atoms with van der Waals surface area (Å²) in [7, 11) is 0. The van der Waals surface area contributed by atoms with Gasteiger partial charge in [0.15, 0.2) is 0 Å². The quantitative estimate of drug-likeness (QED) is 0.682. The SMILES string of the molecule is CC[N+]1(C(C)C)CC2CC[C@H]1CN2CC(C)C. The third-order valence-electron chi connectivity index (χ3n) is 5.29. The van der Waals surface area contributed by atoms with Crippen molar-refractivity contribution in [2.45, 2.75) is 65.6 Å². The highest BCUT2D eigenvalue weighted by Gasteiger charge is 2.50. The lowest BCUT2D eigenvalue weighted by Gasteiger charge is -2.59. The van der Waals surface area contributed by atoms with E-state index in [-0.39, 0.29) is 0 Å². The van der Waals surface area contributed by atoms with E-state index in [0.717, 1.165) is 24.0 Å². The summed E-state index contributed by atoms with van der Waals surface area (Å²) in [6, 6.07) is 2.57. The Morgan fingerprint density at radius 1 is 1.18 bits per heavy atom. The molecule has 2 bridgehead atoms. The molecule has 2 heteroatoms. The molecule has 0 aromatic heterocycles. The zero-order valence-electron chi connectivity index (χ0n) is 12.4. The number of hydrogen-bond acceptors (Lipinski definition) is 1. The van der Waals surface area contributed by atoms with Crippen LogP contribution in [0, 0.1) is 5.92 Å². The normalized spacial score (nSPS) is 38.3. The second-order valence-corrected chi connectivity index (χ2v) is 6.93. The van der Waals surface area contributed by atoms with Crippen molar-refractivity contribution in [1.82, 2.24) is 4.90 Å². The van der Waals surface area contributed by atoms with Gasteiger partial charge in [0.1, 0.15) is 6.04 Å². The average molecular weight is 239 g/mol. The highest BCUT2D eigenvalue weighted by atomic mass is 15.5. The van der Waals surface area contributed by atoms with Gasteiger partial charge >= 0.3 is 0 Å². The molecule has 3 rings (SSSR count). The van der Waals surface area contributed by atoms with Crippen molar-refractivity contribution >= 4 is 0 Å². The Hall–Kier alpha value is -0.0800. The molecule has 3 atom stereocenters. The number of likely N-dealkylation sites (N-methyl/N-ethyl adjacent to an activating group) is 1. The van der Waals surface area contributed by atoms with Crippen LogP contribution in [0.5, 0.6) is 0 Å². The Morgan fingerprint density at radius 3 is 2.29 bits per heavy atom. The van der Waals surface area contributed by atoms with Crippen LogP contribution in [0.2, 0.25) is 0 Å². The minimum Gasteiger partial charge on any atom is -0.317 e. The van der Waals surface area contributed by atoms with Gasteiger partial charge in [0.2, 0.25) is 0 Å². The second-order valence-electron chi connectivity index (χ2n) is 6.93. The lowest BCUT2D eigenvalue weighted by molar-refractivity contribution is -0.980. The number of nitrogens with zero attached hydrogens (tertiary/aromatic N) is 2. The van der Waals surface area contributed by atoms with Gasteiger partial charge in [-0.3, -0.25) is 4.90 Å². The largest absolute Gasteiger partial charge is 0.317 e. The molecule has 3 heterocycles. The van der Waals surface area contributed by atoms with E-state index >= 15 is 0 Å². The number of piperidine rings is 2. The van der Waals surface area contributed by atoms with Gasteiger partial charge in [0, 0.05) is 13.0 Å². The van der Waals surface area contributed by atoms with Crippen LogP contribution >= 0.6 is 0 Å². The maximum atomic E-state index is 2.79. The van der Waals surface area contributed by atoms with Crippen molar-refractivity contribution in [1.29, 1.82) is 0 Å². The molecule has 3 aliphatic rings. The summed E-state index contributed by atoms with van der Waals surface area (Å²) in [5.41, 5.74) is 0. The van der Waals surface area contributed by atoms with E-state index in [1.165, 1.54) is 43.5 Å². The average Bonchev–Trinajstić information content (AvgIpc) is 2.28. The van der Waals surface area contributed by atoms with Crippen molar-refractivity contribution in [3.63, 3.8) is 0 Å². The summed E-state index contributed by atoms with van der Waals surface area (Å²) in [5.74, 6) is 0.817. The van der Waals surface area contributed by atoms with Crippen LogP contribution in [0.15, 0.2) is 0 Å². The number of rotatable bonds is 4. The number of piperazine rings is 1. The van der Waals surface area contributed by atoms with Crippen molar-refractivity contribution in [3.8, 4) is 0 Å². The summed E-state index contributed by atoms with van der Waals surface area (Å²) < 4.78 is 1.39. The Bertz CT molecular complexity index is 262. The fourth-order valence-electron chi connectivity index (χ4n) is 4.32. The monoisotopic (exact) mass is 239 g/mol. The lowest BCUT2D eigenvalue weighted by atomic mass is 9.85. The van der Waals surface area contributed by atoms with Crippen LogP contribution in [-0.4, -0.2) is 53.7 Å². The molecule has 3 fully saturated rings. The van der Waals surface area contributed by atoms with E-state index in [4.69, 9.17) is 0 Å². The van der Waals surface area contributed by atoms with Gasteiger partial charge in [-0.15, -0.1) is 0 Å². The minimum atomic E-state index is 0.800. The third kappa shape index (κ3) is 2.26. The van der Waals surface area contributed by atoms with Gasteiger partial charge in [-0.25, -0.2) is 0 Å². The molecule has 2 nitrogen and oxygen atoms in total. The first-order valence-corrected chi connectivity index (χ1v) is 7.60. The Balaban J connectivity index is 2.11. The minimum absolute atomic E-state index is 0.800. The molecule has 17 heavy (non-hydrogen) atoms. The molecule has 0 spiro atoms. The van der Waals surface area contributed by atoms with Crippen LogP contribution in [0.4, 0.5) is 0 Å². The summed E-state index contributed by atoms with van der Waals surface area (Å²) in [6.07, 6.45) is 2.91. The number of hydrogen-bond donors (Lipinski definition) is 0. The lowest BCUT2D eigenvalue weighted by Crippen LogP contribution is -2.74. The smallest absolute Gasteiger partial charge is 0.102 e. The van der Waals surface area contributed by atoms with E-state index in [9.17, 15) is 0 Å². The molecular formula is C15H31N2+. The highest BCUT2D eigenvalue weighted by molar-refractivity contribution is 4.89. The Labute approximate surface area is 108 Å². The molecule has 0 N–H and O–H groups in total. The van der Waals surface area contributed by atoms with Gasteiger partial charge < -0.3 is 4.48 Å². The number of quaternary nitrogens is 1. The van der Waals surface area contributed by atoms with Crippen molar-refractivity contribution in [2.24, 2.45) is 5.92 Å². The van der Waals surface area contributed by atoms with Crippen molar-refractivity contribution in [3.05, 3.63) is 0 Å². The predicted molar refractivity (Wildman–Crippen MR) is 74.0 cm³/mol. The molecule has 0 amide bonds. The zero-order chi connectivity index (χ0) is 12.6. The zero-order valence-corrected chi connectivity index (χ0v) is 12.4. The van der Waals surface area contributed by atoms with E-state index in [0.29, 0.717) is 0 Å². The van der Waals surface area contributed by atoms with Crippen LogP contribution in [0.3, 0.4) is 0 Å². The summed E-state index contributed by atoms with van der Waals surface area (Å²) in [5, 5.41) is 0. The topological polar surface area (TPSA) is 3.24 Å². The molecule has 0 radical (unpaired) electrons. The fourth-order valence-corrected chi connectivity index (χ4v) is 4.32. The van der Waals surface area contributed by atoms with Crippen molar-refractivity contribution < 1.29 is 4.48 Å². The van der Waals surface area contributed by atoms with Gasteiger partial charge in [-0.1, -0.05) is 13.8 Å². The van der Waals surface area contributed by atoms with Crippen LogP contribution in [0.25, 0.3) is 0 Å². The first kappa shape index (κ1) is 13.4. The molecule has 3 saturated heterocycles. The Morgan fingerprint density at radius 2 is 1.88 bits per heavy atom. The maximum absolute atomic E-state index is 2.79. The van der Waals surface area contributed by atoms with E-state index < -0.39 is 0 Å². The van der Waals surface area contributed by atoms with Crippen LogP contribution in [-0.2, 0) is 0 Å². The standard InChI is InChI=1S/C15H31N2/c1-6-17(13(4)5)11-14-7-8-15(17)10-16(14)9-12(2)3/h12-15H,6-11H2,1-5H3/q+1/t14?,15-,17?/m0/s1. The van der Waals surface area contributed by atoms with E-state index in [1.54, 1.807) is 0 Å². The molecular weight excluding hydrogens is 208 g/mol. The Kier molecular flexibility index (Phi) is 3.84. The predicted octanol–water partition coefficient (Wildman–Crippen LogP) is 2.73. The maximum Gasteiger partial charge on any atom is 0.102 e. The molecule has 0 aliphatic carbocycles. The van der Waals surface area contributed by atoms with Crippen LogP contribution in [0.1, 0.15) is 47.5 Å². The summed E-state index contributed by atoms with van der Waals surface area (Å²) in [4.78, 5) is 2.79. The fraction of sp³-hybridized carbons (Fsp3) is 1.00. The second kappa shape index (κ2) is 4.89. The summed E-state index contributed by atoms with van der Waals surface area (Å²) in [6.45, 7) is 17.4.